The van der Waals surface area contributed by atoms with E-state index in [4.69, 9.17) is 43.4 Å². The molecule has 2 atom stereocenters. The number of fused-ring (bicyclic) bond motifs is 3. The quantitative estimate of drug-likeness (QED) is 0.0363. The fourth-order valence-electron chi connectivity index (χ4n) is 8.43. The first-order valence-electron chi connectivity index (χ1n) is 24.4. The van der Waals surface area contributed by atoms with Crippen molar-refractivity contribution in [3.8, 4) is 17.1 Å². The average molecular weight is 1010 g/mol. The van der Waals surface area contributed by atoms with Gasteiger partial charge in [-0.15, -0.1) is 0 Å². The van der Waals surface area contributed by atoms with Crippen LogP contribution in [0.2, 0.25) is 10.0 Å². The number of carboxylic acids is 1. The topological polar surface area (TPSA) is 181 Å². The van der Waals surface area contributed by atoms with Gasteiger partial charge in [-0.1, -0.05) is 49.2 Å². The molecule has 376 valence electrons. The SMILES string of the molecule is CC(C)N=c1cc2n(-c3ccc(Cl)cc3)c3ccccc3nc-2cc1Nc1ccc(Cl)cc1.CCC(CO)NCCNC(CC)CO.O=C(O)c1cn(C2CC2)c2cc(N3CCNCC3)c(F)cc2c1=O. The molecule has 1 aromatic heterocycles. The molecular formula is C54H64Cl2FN9O5. The van der Waals surface area contributed by atoms with Gasteiger partial charge in [0.05, 0.1) is 57.9 Å². The zero-order valence-corrected chi connectivity index (χ0v) is 42.1. The molecule has 2 aliphatic heterocycles. The van der Waals surface area contributed by atoms with Crippen LogP contribution in [0, 0.1) is 5.82 Å². The van der Waals surface area contributed by atoms with Crippen LogP contribution in [0.5, 0.6) is 0 Å². The predicted molar refractivity (Wildman–Crippen MR) is 285 cm³/mol. The Morgan fingerprint density at radius 1 is 0.859 bits per heavy atom. The Labute approximate surface area is 423 Å². The molecule has 0 radical (unpaired) electrons. The van der Waals surface area contributed by atoms with Gasteiger partial charge in [-0.25, -0.2) is 14.2 Å². The number of aliphatic hydroxyl groups excluding tert-OH is 2. The number of aromatic nitrogens is 3. The number of carboxylic acid groups (broad SMARTS) is 1. The fraction of sp³-hybridized carbons (Fsp3) is 0.370. The first kappa shape index (κ1) is 52.9. The van der Waals surface area contributed by atoms with Crippen molar-refractivity contribution in [1.82, 2.24) is 30.1 Å². The minimum atomic E-state index is -1.28. The van der Waals surface area contributed by atoms with Gasteiger partial charge in [0.2, 0.25) is 5.43 Å². The summed E-state index contributed by atoms with van der Waals surface area (Å²) in [5.74, 6) is -1.76. The average Bonchev–Trinajstić information content (AvgIpc) is 4.22. The van der Waals surface area contributed by atoms with E-state index >= 15 is 0 Å². The zero-order valence-electron chi connectivity index (χ0n) is 40.6. The maximum absolute atomic E-state index is 14.6. The second kappa shape index (κ2) is 25.0. The lowest BCUT2D eigenvalue weighted by atomic mass is 10.1. The molecule has 1 saturated carbocycles. The number of aliphatic hydroxyl groups is 2. The van der Waals surface area contributed by atoms with Crippen LogP contribution in [0.3, 0.4) is 0 Å². The van der Waals surface area contributed by atoms with Gasteiger partial charge in [-0.2, -0.15) is 0 Å². The Kier molecular flexibility index (Phi) is 18.6. The van der Waals surface area contributed by atoms with Crippen molar-refractivity contribution in [3.05, 3.63) is 140 Å². The van der Waals surface area contributed by atoms with E-state index in [1.807, 2.05) is 90.0 Å². The number of pyridine rings is 1. The Hall–Kier alpha value is -5.91. The molecule has 3 heterocycles. The first-order valence-corrected chi connectivity index (χ1v) is 25.1. The highest BCUT2D eigenvalue weighted by Gasteiger charge is 2.28. The Morgan fingerprint density at radius 2 is 1.48 bits per heavy atom. The lowest BCUT2D eigenvalue weighted by Gasteiger charge is -2.30. The minimum Gasteiger partial charge on any atom is -0.477 e. The van der Waals surface area contributed by atoms with Crippen molar-refractivity contribution < 1.29 is 24.5 Å². The number of hydrogen-bond donors (Lipinski definition) is 7. The smallest absolute Gasteiger partial charge is 0.341 e. The van der Waals surface area contributed by atoms with Crippen LogP contribution in [-0.2, 0) is 0 Å². The number of halogens is 3. The van der Waals surface area contributed by atoms with Crippen LogP contribution >= 0.6 is 23.2 Å². The highest BCUT2D eigenvalue weighted by Crippen LogP contribution is 2.38. The molecule has 0 amide bonds. The second-order valence-corrected chi connectivity index (χ2v) is 18.9. The van der Waals surface area contributed by atoms with Gasteiger partial charge in [-0.3, -0.25) is 9.79 Å². The third-order valence-electron chi connectivity index (χ3n) is 12.4. The van der Waals surface area contributed by atoms with Crippen molar-refractivity contribution in [2.75, 3.05) is 62.7 Å². The van der Waals surface area contributed by atoms with Gasteiger partial charge in [-0.05, 0) is 124 Å². The van der Waals surface area contributed by atoms with Gasteiger partial charge < -0.3 is 50.6 Å². The summed E-state index contributed by atoms with van der Waals surface area (Å²) in [5.41, 5.74) is 6.76. The number of piperazine rings is 1. The van der Waals surface area contributed by atoms with E-state index in [0.29, 0.717) is 34.3 Å². The van der Waals surface area contributed by atoms with Gasteiger partial charge in [0.15, 0.2) is 0 Å². The number of carbonyl (C=O) groups is 1. The number of anilines is 3. The van der Waals surface area contributed by atoms with Crippen LogP contribution < -0.4 is 37.0 Å². The summed E-state index contributed by atoms with van der Waals surface area (Å²) >= 11 is 12.2. The van der Waals surface area contributed by atoms with Crippen LogP contribution in [0.4, 0.5) is 21.5 Å². The molecule has 71 heavy (non-hydrogen) atoms. The number of aromatic carboxylic acids is 1. The van der Waals surface area contributed by atoms with Crippen LogP contribution in [0.1, 0.15) is 69.8 Å². The van der Waals surface area contributed by atoms with Gasteiger partial charge in [0.1, 0.15) is 11.4 Å². The van der Waals surface area contributed by atoms with E-state index in [9.17, 15) is 19.1 Å². The molecule has 14 nitrogen and oxygen atoms in total. The van der Waals surface area contributed by atoms with Crippen molar-refractivity contribution >= 4 is 68.2 Å². The van der Waals surface area contributed by atoms with Gasteiger partial charge >= 0.3 is 5.97 Å². The van der Waals surface area contributed by atoms with E-state index in [1.54, 1.807) is 6.07 Å². The van der Waals surface area contributed by atoms with E-state index < -0.39 is 17.2 Å². The summed E-state index contributed by atoms with van der Waals surface area (Å²) in [4.78, 5) is 35.6. The summed E-state index contributed by atoms with van der Waals surface area (Å²) in [6.45, 7) is 13.2. The molecule has 2 fully saturated rings. The number of rotatable bonds is 16. The molecule has 5 aromatic rings. The number of benzene rings is 5. The van der Waals surface area contributed by atoms with E-state index in [1.165, 1.54) is 12.3 Å². The molecule has 4 aliphatic rings. The van der Waals surface area contributed by atoms with Crippen molar-refractivity contribution in [2.45, 2.75) is 77.5 Å². The summed E-state index contributed by atoms with van der Waals surface area (Å²) in [5, 5.41) is 42.6. The highest BCUT2D eigenvalue weighted by molar-refractivity contribution is 6.30. The predicted octanol–water partition coefficient (Wildman–Crippen LogP) is 8.78. The maximum Gasteiger partial charge on any atom is 0.341 e. The first-order chi connectivity index (χ1) is 34.3. The molecule has 17 heteroatoms. The minimum absolute atomic E-state index is 0.130. The van der Waals surface area contributed by atoms with Crippen LogP contribution in [-0.4, -0.2) is 106 Å². The normalized spacial score (nSPS) is 14.8. The van der Waals surface area contributed by atoms with Gasteiger partial charge in [0.25, 0.3) is 0 Å². The Bertz CT molecular complexity index is 2970. The van der Waals surface area contributed by atoms with Crippen molar-refractivity contribution in [3.63, 3.8) is 0 Å². The molecule has 0 bridgehead atoms. The highest BCUT2D eigenvalue weighted by atomic mass is 35.5. The number of para-hydroxylation sites is 2. The van der Waals surface area contributed by atoms with Gasteiger partial charge in [0, 0.05) is 96.4 Å². The molecule has 7 N–H and O–H groups in total. The second-order valence-electron chi connectivity index (χ2n) is 18.0. The molecular weight excluding hydrogens is 945 g/mol. The fourth-order valence-corrected chi connectivity index (χ4v) is 8.68. The molecule has 1 saturated heterocycles. The summed E-state index contributed by atoms with van der Waals surface area (Å²) in [6, 6.07) is 31.4. The summed E-state index contributed by atoms with van der Waals surface area (Å²) in [6.07, 6.45) is 5.17. The molecule has 2 aliphatic carbocycles. The number of nitrogens with one attached hydrogen (secondary N) is 4. The van der Waals surface area contributed by atoms with Crippen molar-refractivity contribution in [1.29, 1.82) is 0 Å². The van der Waals surface area contributed by atoms with E-state index in [-0.39, 0.29) is 48.3 Å². The lowest BCUT2D eigenvalue weighted by molar-refractivity contribution is 0.0694. The zero-order chi connectivity index (χ0) is 50.6. The third kappa shape index (κ3) is 13.5. The van der Waals surface area contributed by atoms with E-state index in [2.05, 4.69) is 57.9 Å². The number of nitrogens with zero attached hydrogens (tertiary/aromatic N) is 5. The van der Waals surface area contributed by atoms with Crippen molar-refractivity contribution in [2.24, 2.45) is 4.99 Å². The summed E-state index contributed by atoms with van der Waals surface area (Å²) in [7, 11) is 0. The molecule has 0 spiro atoms. The largest absolute Gasteiger partial charge is 0.477 e. The Morgan fingerprint density at radius 3 is 2.06 bits per heavy atom. The standard InChI is InChI=1S/C27H22Cl2N4.C17H18FN3O3.C10H24N2O2/c1-17(2)30-24-16-27-25(15-23(24)31-20-11-7-18(28)8-12-20)32-22-5-3-4-6-26(22)33(27)21-13-9-19(29)10-14-21;18-13-7-11-14(8-15(13)20-5-3-19-4-6-20)21(10-1-2-10)9-12(16(11)22)17(23)24;1-3-9(7-13)11-5-6-12-10(4-2)8-14/h3-17,31H,1-2H3;7-10,19H,1-6H2,(H,23,24);9-14H,3-8H2,1-2H3. The summed E-state index contributed by atoms with van der Waals surface area (Å²) < 4.78 is 18.6. The monoisotopic (exact) mass is 1010 g/mol. The number of hydrogen-bond acceptors (Lipinski definition) is 11. The maximum atomic E-state index is 14.6. The third-order valence-corrected chi connectivity index (χ3v) is 13.0. The molecule has 9 rings (SSSR count). The molecule has 4 aromatic carbocycles. The Balaban J connectivity index is 0.000000171. The van der Waals surface area contributed by atoms with Crippen LogP contribution in [0.15, 0.2) is 113 Å². The van der Waals surface area contributed by atoms with E-state index in [0.717, 1.165) is 96.7 Å². The lowest BCUT2D eigenvalue weighted by Crippen LogP contribution is -2.43. The molecule has 2 unspecified atom stereocenters. The van der Waals surface area contributed by atoms with Crippen LogP contribution in [0.25, 0.3) is 39.0 Å².